The number of sulfonamides is 1. The summed E-state index contributed by atoms with van der Waals surface area (Å²) >= 11 is 0. The summed E-state index contributed by atoms with van der Waals surface area (Å²) in [5.41, 5.74) is 3.15. The number of anilines is 1. The van der Waals surface area contributed by atoms with Crippen LogP contribution in [0.25, 0.3) is 11.1 Å². The van der Waals surface area contributed by atoms with Gasteiger partial charge in [0.15, 0.2) is 0 Å². The fourth-order valence-corrected chi connectivity index (χ4v) is 3.77. The van der Waals surface area contributed by atoms with Gasteiger partial charge < -0.3 is 9.47 Å². The zero-order valence-electron chi connectivity index (χ0n) is 15.4. The van der Waals surface area contributed by atoms with Gasteiger partial charge >= 0.3 is 0 Å². The summed E-state index contributed by atoms with van der Waals surface area (Å²) in [6, 6.07) is 19.4. The van der Waals surface area contributed by atoms with Gasteiger partial charge in [0.2, 0.25) is 0 Å². The van der Waals surface area contributed by atoms with Crippen molar-refractivity contribution >= 4 is 15.7 Å². The molecule has 0 atom stereocenters. The van der Waals surface area contributed by atoms with Gasteiger partial charge in [-0.3, -0.25) is 4.72 Å². The fraction of sp³-hybridized carbons (Fsp3) is 0.143. The second-order valence-electron chi connectivity index (χ2n) is 6.07. The highest BCUT2D eigenvalue weighted by Crippen LogP contribution is 2.34. The molecule has 0 aromatic heterocycles. The molecule has 0 unspecified atom stereocenters. The Kier molecular flexibility index (Phi) is 5.37. The van der Waals surface area contributed by atoms with E-state index < -0.39 is 10.0 Å². The highest BCUT2D eigenvalue weighted by atomic mass is 32.2. The van der Waals surface area contributed by atoms with Crippen LogP contribution < -0.4 is 14.2 Å². The Morgan fingerprint density at radius 3 is 2.26 bits per heavy atom. The smallest absolute Gasteiger partial charge is 0.261 e. The molecule has 0 spiro atoms. The topological polar surface area (TPSA) is 64.6 Å². The van der Waals surface area contributed by atoms with E-state index in [0.717, 1.165) is 16.7 Å². The minimum Gasteiger partial charge on any atom is -0.497 e. The van der Waals surface area contributed by atoms with E-state index in [0.29, 0.717) is 17.2 Å². The molecule has 6 heteroatoms. The maximum absolute atomic E-state index is 12.6. The maximum atomic E-state index is 12.6. The summed E-state index contributed by atoms with van der Waals surface area (Å²) in [4.78, 5) is 0.223. The van der Waals surface area contributed by atoms with Crippen LogP contribution in [0, 0.1) is 6.92 Å². The van der Waals surface area contributed by atoms with E-state index >= 15 is 0 Å². The van der Waals surface area contributed by atoms with Crippen molar-refractivity contribution in [3.63, 3.8) is 0 Å². The van der Waals surface area contributed by atoms with E-state index in [4.69, 9.17) is 9.47 Å². The van der Waals surface area contributed by atoms with Crippen LogP contribution in [0.4, 0.5) is 5.69 Å². The molecule has 0 aliphatic rings. The van der Waals surface area contributed by atoms with Gasteiger partial charge in [0.1, 0.15) is 11.5 Å². The van der Waals surface area contributed by atoms with Crippen LogP contribution in [-0.4, -0.2) is 22.6 Å². The van der Waals surface area contributed by atoms with E-state index in [2.05, 4.69) is 4.72 Å². The minimum absolute atomic E-state index is 0.223. The molecule has 0 saturated carbocycles. The third-order valence-electron chi connectivity index (χ3n) is 4.17. The molecular weight excluding hydrogens is 362 g/mol. The Labute approximate surface area is 159 Å². The Morgan fingerprint density at radius 2 is 1.59 bits per heavy atom. The number of hydrogen-bond donors (Lipinski definition) is 1. The van der Waals surface area contributed by atoms with Crippen LogP contribution in [0.5, 0.6) is 11.5 Å². The van der Waals surface area contributed by atoms with Crippen LogP contribution in [0.2, 0.25) is 0 Å². The molecule has 140 valence electrons. The first-order valence-corrected chi connectivity index (χ1v) is 9.83. The van der Waals surface area contributed by atoms with Gasteiger partial charge in [0.05, 0.1) is 19.1 Å². The van der Waals surface area contributed by atoms with Crippen molar-refractivity contribution in [2.45, 2.75) is 11.8 Å². The molecule has 0 saturated heterocycles. The molecule has 0 amide bonds. The average Bonchev–Trinajstić information content (AvgIpc) is 2.67. The van der Waals surface area contributed by atoms with Crippen molar-refractivity contribution in [2.75, 3.05) is 18.9 Å². The summed E-state index contributed by atoms with van der Waals surface area (Å²) in [6.45, 7) is 1.91. The van der Waals surface area contributed by atoms with Gasteiger partial charge in [-0.1, -0.05) is 29.8 Å². The molecule has 0 bridgehead atoms. The molecule has 1 N–H and O–H groups in total. The lowest BCUT2D eigenvalue weighted by Crippen LogP contribution is -2.12. The van der Waals surface area contributed by atoms with Crippen LogP contribution in [0.3, 0.4) is 0 Å². The molecule has 0 aliphatic carbocycles. The Hall–Kier alpha value is -2.99. The van der Waals surface area contributed by atoms with Crippen LogP contribution in [0.15, 0.2) is 71.6 Å². The lowest BCUT2D eigenvalue weighted by atomic mass is 10.0. The number of benzene rings is 3. The van der Waals surface area contributed by atoms with Crippen LogP contribution in [-0.2, 0) is 10.0 Å². The summed E-state index contributed by atoms with van der Waals surface area (Å²) in [7, 11) is -0.479. The lowest BCUT2D eigenvalue weighted by Gasteiger charge is -2.13. The van der Waals surface area contributed by atoms with E-state index in [1.807, 2.05) is 25.1 Å². The van der Waals surface area contributed by atoms with Gasteiger partial charge in [-0.25, -0.2) is 8.42 Å². The fourth-order valence-electron chi connectivity index (χ4n) is 2.72. The van der Waals surface area contributed by atoms with E-state index in [1.54, 1.807) is 62.8 Å². The number of rotatable bonds is 6. The summed E-state index contributed by atoms with van der Waals surface area (Å²) < 4.78 is 38.5. The molecule has 0 radical (unpaired) electrons. The predicted octanol–water partition coefficient (Wildman–Crippen LogP) is 4.48. The average molecular weight is 383 g/mol. The minimum atomic E-state index is -3.66. The summed E-state index contributed by atoms with van der Waals surface area (Å²) in [5, 5.41) is 0. The van der Waals surface area contributed by atoms with Crippen molar-refractivity contribution in [3.05, 3.63) is 72.3 Å². The van der Waals surface area contributed by atoms with Gasteiger partial charge in [-0.05, 0) is 48.9 Å². The molecule has 5 nitrogen and oxygen atoms in total. The quantitative estimate of drug-likeness (QED) is 0.682. The first-order valence-electron chi connectivity index (χ1n) is 8.35. The zero-order chi connectivity index (χ0) is 19.4. The number of methoxy groups -OCH3 is 2. The van der Waals surface area contributed by atoms with Gasteiger partial charge in [0, 0.05) is 17.3 Å². The molecule has 3 aromatic rings. The molecule has 3 rings (SSSR count). The second-order valence-corrected chi connectivity index (χ2v) is 7.75. The number of hydrogen-bond acceptors (Lipinski definition) is 4. The SMILES string of the molecule is COc1ccc(-c2cccc(NS(=O)(=O)c3ccc(C)cc3)c2)c(OC)c1. The predicted molar refractivity (Wildman–Crippen MR) is 107 cm³/mol. The Balaban J connectivity index is 1.93. The molecule has 27 heavy (non-hydrogen) atoms. The van der Waals surface area contributed by atoms with Crippen LogP contribution in [0.1, 0.15) is 5.56 Å². The number of aryl methyl sites for hydroxylation is 1. The monoisotopic (exact) mass is 383 g/mol. The van der Waals surface area contributed by atoms with Gasteiger partial charge in [-0.2, -0.15) is 0 Å². The zero-order valence-corrected chi connectivity index (χ0v) is 16.2. The molecule has 0 fully saturated rings. The highest BCUT2D eigenvalue weighted by Gasteiger charge is 2.15. The van der Waals surface area contributed by atoms with Crippen molar-refractivity contribution in [2.24, 2.45) is 0 Å². The highest BCUT2D eigenvalue weighted by molar-refractivity contribution is 7.92. The largest absolute Gasteiger partial charge is 0.497 e. The van der Waals surface area contributed by atoms with E-state index in [1.165, 1.54) is 0 Å². The molecule has 0 heterocycles. The van der Waals surface area contributed by atoms with Gasteiger partial charge in [0.25, 0.3) is 10.0 Å². The standard InChI is InChI=1S/C21H21NO4S/c1-15-7-10-19(11-8-15)27(23,24)22-17-6-4-5-16(13-17)20-12-9-18(25-2)14-21(20)26-3/h4-14,22H,1-3H3. The van der Waals surface area contributed by atoms with E-state index in [9.17, 15) is 8.42 Å². The Morgan fingerprint density at radius 1 is 0.852 bits per heavy atom. The third-order valence-corrected chi connectivity index (χ3v) is 5.56. The van der Waals surface area contributed by atoms with Crippen molar-refractivity contribution in [3.8, 4) is 22.6 Å². The first kappa shape index (κ1) is 18.8. The lowest BCUT2D eigenvalue weighted by molar-refractivity contribution is 0.395. The number of ether oxygens (including phenoxy) is 2. The summed E-state index contributed by atoms with van der Waals surface area (Å²) in [5.74, 6) is 1.33. The van der Waals surface area contributed by atoms with Crippen molar-refractivity contribution in [1.29, 1.82) is 0 Å². The molecule has 0 aliphatic heterocycles. The van der Waals surface area contributed by atoms with Crippen LogP contribution >= 0.6 is 0 Å². The maximum Gasteiger partial charge on any atom is 0.261 e. The number of nitrogens with one attached hydrogen (secondary N) is 1. The van der Waals surface area contributed by atoms with Gasteiger partial charge in [-0.15, -0.1) is 0 Å². The van der Waals surface area contributed by atoms with E-state index in [-0.39, 0.29) is 4.90 Å². The molecule has 3 aromatic carbocycles. The van der Waals surface area contributed by atoms with Crippen molar-refractivity contribution < 1.29 is 17.9 Å². The summed E-state index contributed by atoms with van der Waals surface area (Å²) in [6.07, 6.45) is 0. The first-order chi connectivity index (χ1) is 12.9. The van der Waals surface area contributed by atoms with Crippen molar-refractivity contribution in [1.82, 2.24) is 0 Å². The second kappa shape index (κ2) is 7.72. The normalized spacial score (nSPS) is 11.1. The molecular formula is C21H21NO4S. The Bertz CT molecular complexity index is 1040. The third kappa shape index (κ3) is 4.23.